The van der Waals surface area contributed by atoms with E-state index in [1.165, 1.54) is 6.07 Å². The Bertz CT molecular complexity index is 1090. The number of anilines is 1. The Hall–Kier alpha value is -2.02. The molecule has 5 nitrogen and oxygen atoms in total. The maximum atomic E-state index is 12.9. The number of halogens is 2. The van der Waals surface area contributed by atoms with Crippen LogP contribution in [0.4, 0.5) is 5.69 Å². The van der Waals surface area contributed by atoms with E-state index in [1.807, 2.05) is 18.3 Å². The van der Waals surface area contributed by atoms with Crippen LogP contribution in [0.1, 0.15) is 18.7 Å². The number of sulfonamides is 1. The molecule has 0 saturated carbocycles. The second kappa shape index (κ2) is 7.19. The van der Waals surface area contributed by atoms with Crippen molar-refractivity contribution < 1.29 is 8.42 Å². The zero-order valence-corrected chi connectivity index (χ0v) is 16.7. The lowest BCUT2D eigenvalue weighted by Gasteiger charge is -2.13. The van der Waals surface area contributed by atoms with Gasteiger partial charge in [-0.15, -0.1) is 0 Å². The molecule has 8 heteroatoms. The molecule has 4 rings (SSSR count). The Morgan fingerprint density at radius 2 is 1.85 bits per heavy atom. The minimum absolute atomic E-state index is 0.00148. The summed E-state index contributed by atoms with van der Waals surface area (Å²) >= 11 is 12.1. The van der Waals surface area contributed by atoms with Gasteiger partial charge in [0.2, 0.25) is 0 Å². The van der Waals surface area contributed by atoms with Crippen LogP contribution in [0.3, 0.4) is 0 Å². The van der Waals surface area contributed by atoms with Crippen LogP contribution >= 0.6 is 23.2 Å². The minimum atomic E-state index is -3.90. The molecule has 1 aliphatic rings. The maximum absolute atomic E-state index is 12.9. The largest absolute Gasteiger partial charge is 0.334 e. The van der Waals surface area contributed by atoms with Crippen LogP contribution in [0.15, 0.2) is 53.6 Å². The molecule has 0 aliphatic carbocycles. The zero-order chi connectivity index (χ0) is 19.0. The third-order valence-electron chi connectivity index (χ3n) is 4.56. The van der Waals surface area contributed by atoms with E-state index in [9.17, 15) is 8.42 Å². The smallest absolute Gasteiger partial charge is 0.263 e. The summed E-state index contributed by atoms with van der Waals surface area (Å²) in [4.78, 5) is 4.64. The summed E-state index contributed by atoms with van der Waals surface area (Å²) in [5, 5.41) is 0.191. The van der Waals surface area contributed by atoms with E-state index in [-0.39, 0.29) is 14.9 Å². The Balaban J connectivity index is 1.73. The van der Waals surface area contributed by atoms with Crippen molar-refractivity contribution in [3.63, 3.8) is 0 Å². The number of aryl methyl sites for hydroxylation is 2. The van der Waals surface area contributed by atoms with Crippen molar-refractivity contribution in [1.29, 1.82) is 0 Å². The van der Waals surface area contributed by atoms with E-state index in [0.29, 0.717) is 5.69 Å². The van der Waals surface area contributed by atoms with Gasteiger partial charge >= 0.3 is 0 Å². The highest BCUT2D eigenvalue weighted by Gasteiger charge is 2.22. The number of hydrogen-bond acceptors (Lipinski definition) is 3. The van der Waals surface area contributed by atoms with Gasteiger partial charge in [0.05, 0.1) is 21.4 Å². The summed E-state index contributed by atoms with van der Waals surface area (Å²) in [5.41, 5.74) is 1.92. The Morgan fingerprint density at radius 1 is 1.04 bits per heavy atom. The molecule has 0 spiro atoms. The van der Waals surface area contributed by atoms with E-state index in [2.05, 4.69) is 9.29 Å². The van der Waals surface area contributed by atoms with E-state index in [1.54, 1.807) is 24.3 Å². The molecule has 0 fully saturated rings. The second-order valence-corrected chi connectivity index (χ2v) is 8.83. The van der Waals surface area contributed by atoms with Crippen LogP contribution in [-0.2, 0) is 23.0 Å². The zero-order valence-electron chi connectivity index (χ0n) is 14.3. The van der Waals surface area contributed by atoms with E-state index < -0.39 is 10.0 Å². The number of para-hydroxylation sites is 1. The molecular formula is C19H17Cl2N3O2S. The first-order chi connectivity index (χ1) is 13.0. The molecule has 2 heterocycles. The number of nitrogens with zero attached hydrogens (tertiary/aromatic N) is 2. The monoisotopic (exact) mass is 421 g/mol. The van der Waals surface area contributed by atoms with Gasteiger partial charge < -0.3 is 4.57 Å². The van der Waals surface area contributed by atoms with Crippen molar-refractivity contribution in [3.05, 3.63) is 64.5 Å². The Labute approximate surface area is 168 Å². The fraction of sp³-hybridized carbons (Fsp3) is 0.211. The van der Waals surface area contributed by atoms with Crippen molar-refractivity contribution in [2.45, 2.75) is 30.7 Å². The highest BCUT2D eigenvalue weighted by Crippen LogP contribution is 2.33. The van der Waals surface area contributed by atoms with Gasteiger partial charge in [0, 0.05) is 24.7 Å². The van der Waals surface area contributed by atoms with Crippen molar-refractivity contribution in [1.82, 2.24) is 9.55 Å². The molecule has 0 radical (unpaired) electrons. The first kappa shape index (κ1) is 18.3. The van der Waals surface area contributed by atoms with Crippen LogP contribution in [-0.4, -0.2) is 18.0 Å². The molecule has 140 valence electrons. The van der Waals surface area contributed by atoms with Gasteiger partial charge in [-0.2, -0.15) is 0 Å². The number of aromatic nitrogens is 2. The van der Waals surface area contributed by atoms with Gasteiger partial charge in [-0.05, 0) is 31.0 Å². The third kappa shape index (κ3) is 3.57. The molecule has 1 aromatic heterocycles. The van der Waals surface area contributed by atoms with Gasteiger partial charge in [-0.1, -0.05) is 47.5 Å². The normalized spacial score (nSPS) is 14.0. The Kier molecular flexibility index (Phi) is 4.88. The fourth-order valence-electron chi connectivity index (χ4n) is 3.23. The average Bonchev–Trinajstić information content (AvgIpc) is 3.08. The molecule has 0 saturated heterocycles. The number of rotatable bonds is 4. The SMILES string of the molecule is O=S(=O)(Nc1ccccc1-c1cn2c(n1)CCCC2)c1cccc(Cl)c1Cl. The average molecular weight is 422 g/mol. The van der Waals surface area contributed by atoms with Crippen molar-refractivity contribution in [2.75, 3.05) is 4.72 Å². The number of imidazole rings is 1. The summed E-state index contributed by atoms with van der Waals surface area (Å²) < 4.78 is 30.5. The van der Waals surface area contributed by atoms with E-state index in [4.69, 9.17) is 28.2 Å². The molecule has 0 bridgehead atoms. The van der Waals surface area contributed by atoms with Gasteiger partial charge in [0.25, 0.3) is 10.0 Å². The van der Waals surface area contributed by atoms with E-state index in [0.717, 1.165) is 42.9 Å². The third-order valence-corrected chi connectivity index (χ3v) is 6.90. The first-order valence-corrected chi connectivity index (χ1v) is 10.8. The van der Waals surface area contributed by atoms with Crippen LogP contribution in [0, 0.1) is 0 Å². The molecule has 27 heavy (non-hydrogen) atoms. The number of benzene rings is 2. The number of fused-ring (bicyclic) bond motifs is 1. The summed E-state index contributed by atoms with van der Waals surface area (Å²) in [7, 11) is -3.90. The molecule has 2 aromatic carbocycles. The van der Waals surface area contributed by atoms with E-state index >= 15 is 0 Å². The lowest BCUT2D eigenvalue weighted by Crippen LogP contribution is -2.14. The first-order valence-electron chi connectivity index (χ1n) is 8.58. The van der Waals surface area contributed by atoms with Crippen LogP contribution in [0.5, 0.6) is 0 Å². The summed E-state index contributed by atoms with van der Waals surface area (Å²) in [5.74, 6) is 1.03. The topological polar surface area (TPSA) is 64.0 Å². The minimum Gasteiger partial charge on any atom is -0.334 e. The Morgan fingerprint density at radius 3 is 2.67 bits per heavy atom. The molecule has 1 N–H and O–H groups in total. The predicted octanol–water partition coefficient (Wildman–Crippen LogP) is 4.99. The maximum Gasteiger partial charge on any atom is 0.263 e. The standard InChI is InChI=1S/C19H17Cl2N3O2S/c20-14-7-5-9-17(19(14)21)27(25,26)23-15-8-2-1-6-13(15)16-12-24-11-4-3-10-18(24)22-16/h1-2,5-9,12,23H,3-4,10-11H2. The summed E-state index contributed by atoms with van der Waals surface area (Å²) in [6.07, 6.45) is 5.17. The van der Waals surface area contributed by atoms with Crippen molar-refractivity contribution >= 4 is 38.9 Å². The summed E-state index contributed by atoms with van der Waals surface area (Å²) in [6, 6.07) is 11.7. The fourth-order valence-corrected chi connectivity index (χ4v) is 5.07. The highest BCUT2D eigenvalue weighted by atomic mass is 35.5. The van der Waals surface area contributed by atoms with Gasteiger partial charge in [-0.3, -0.25) is 4.72 Å². The highest BCUT2D eigenvalue weighted by molar-refractivity contribution is 7.92. The molecular weight excluding hydrogens is 405 g/mol. The van der Waals surface area contributed by atoms with Gasteiger partial charge in [0.15, 0.2) is 0 Å². The van der Waals surface area contributed by atoms with Crippen LogP contribution < -0.4 is 4.72 Å². The molecule has 1 aliphatic heterocycles. The lowest BCUT2D eigenvalue weighted by atomic mass is 10.1. The number of hydrogen-bond donors (Lipinski definition) is 1. The van der Waals surface area contributed by atoms with Gasteiger partial charge in [-0.25, -0.2) is 13.4 Å². The lowest BCUT2D eigenvalue weighted by molar-refractivity contribution is 0.522. The molecule has 0 amide bonds. The summed E-state index contributed by atoms with van der Waals surface area (Å²) in [6.45, 7) is 0.939. The van der Waals surface area contributed by atoms with Crippen LogP contribution in [0.25, 0.3) is 11.3 Å². The van der Waals surface area contributed by atoms with Crippen molar-refractivity contribution in [2.24, 2.45) is 0 Å². The second-order valence-electron chi connectivity index (χ2n) is 6.40. The van der Waals surface area contributed by atoms with Gasteiger partial charge in [0.1, 0.15) is 10.7 Å². The number of nitrogens with one attached hydrogen (secondary N) is 1. The van der Waals surface area contributed by atoms with Crippen molar-refractivity contribution in [3.8, 4) is 11.3 Å². The van der Waals surface area contributed by atoms with Crippen LogP contribution in [0.2, 0.25) is 10.0 Å². The molecule has 3 aromatic rings. The predicted molar refractivity (Wildman–Crippen MR) is 108 cm³/mol. The molecule has 0 unspecified atom stereocenters. The molecule has 0 atom stereocenters. The quantitative estimate of drug-likeness (QED) is 0.644.